The standard InChI is InChI=1S/C20H25NO2/c1-23-16-10-4-9-15-21-20(22)19(17-11-5-2-6-12-17)18-13-7-3-8-14-18/h2-3,5-8,11-14,19H,4,9-10,15-16H2,1H3,(H,21,22). The van der Waals surface area contributed by atoms with Crippen molar-refractivity contribution in [2.75, 3.05) is 20.3 Å². The molecule has 2 aromatic carbocycles. The van der Waals surface area contributed by atoms with Gasteiger partial charge in [-0.15, -0.1) is 0 Å². The Morgan fingerprint density at radius 2 is 1.48 bits per heavy atom. The molecule has 0 saturated heterocycles. The van der Waals surface area contributed by atoms with Crippen molar-refractivity contribution < 1.29 is 9.53 Å². The highest BCUT2D eigenvalue weighted by Crippen LogP contribution is 2.24. The Bertz CT molecular complexity index is 529. The van der Waals surface area contributed by atoms with Gasteiger partial charge in [-0.3, -0.25) is 4.79 Å². The molecule has 0 atom stereocenters. The van der Waals surface area contributed by atoms with Crippen LogP contribution in [-0.4, -0.2) is 26.2 Å². The van der Waals surface area contributed by atoms with Crippen LogP contribution in [0.5, 0.6) is 0 Å². The second kappa shape index (κ2) is 9.80. The summed E-state index contributed by atoms with van der Waals surface area (Å²) in [5.41, 5.74) is 2.05. The maximum atomic E-state index is 12.7. The number of rotatable bonds is 9. The first-order valence-corrected chi connectivity index (χ1v) is 8.19. The van der Waals surface area contributed by atoms with Crippen molar-refractivity contribution in [2.24, 2.45) is 0 Å². The van der Waals surface area contributed by atoms with E-state index < -0.39 is 0 Å². The Kier molecular flexibility index (Phi) is 7.34. The molecule has 0 fully saturated rings. The van der Waals surface area contributed by atoms with Crippen molar-refractivity contribution in [1.29, 1.82) is 0 Å². The van der Waals surface area contributed by atoms with Crippen LogP contribution in [0.1, 0.15) is 36.3 Å². The van der Waals surface area contributed by atoms with E-state index in [1.54, 1.807) is 7.11 Å². The first kappa shape index (κ1) is 17.2. The number of carbonyl (C=O) groups is 1. The summed E-state index contributed by atoms with van der Waals surface area (Å²) in [6.07, 6.45) is 3.08. The third-order valence-corrected chi connectivity index (χ3v) is 3.85. The number of nitrogens with one attached hydrogen (secondary N) is 1. The summed E-state index contributed by atoms with van der Waals surface area (Å²) >= 11 is 0. The number of carbonyl (C=O) groups excluding carboxylic acids is 1. The third kappa shape index (κ3) is 5.53. The maximum Gasteiger partial charge on any atom is 0.232 e. The maximum absolute atomic E-state index is 12.7. The lowest BCUT2D eigenvalue weighted by atomic mass is 9.90. The second-order valence-corrected chi connectivity index (χ2v) is 5.60. The van der Waals surface area contributed by atoms with E-state index in [4.69, 9.17) is 4.74 Å². The van der Waals surface area contributed by atoms with Crippen molar-refractivity contribution in [2.45, 2.75) is 25.2 Å². The zero-order valence-electron chi connectivity index (χ0n) is 13.7. The van der Waals surface area contributed by atoms with E-state index in [1.807, 2.05) is 60.7 Å². The number of benzene rings is 2. The lowest BCUT2D eigenvalue weighted by Gasteiger charge is -2.18. The largest absolute Gasteiger partial charge is 0.385 e. The van der Waals surface area contributed by atoms with E-state index in [0.29, 0.717) is 6.54 Å². The summed E-state index contributed by atoms with van der Waals surface area (Å²) < 4.78 is 5.04. The van der Waals surface area contributed by atoms with Gasteiger partial charge >= 0.3 is 0 Å². The van der Waals surface area contributed by atoms with Gasteiger partial charge in [0.1, 0.15) is 0 Å². The molecule has 0 aliphatic heterocycles. The number of amides is 1. The van der Waals surface area contributed by atoms with Gasteiger partial charge in [-0.2, -0.15) is 0 Å². The van der Waals surface area contributed by atoms with Crippen molar-refractivity contribution in [3.05, 3.63) is 71.8 Å². The van der Waals surface area contributed by atoms with Gasteiger partial charge in [0, 0.05) is 20.3 Å². The molecule has 0 saturated carbocycles. The minimum Gasteiger partial charge on any atom is -0.385 e. The van der Waals surface area contributed by atoms with Crippen LogP contribution < -0.4 is 5.32 Å². The van der Waals surface area contributed by atoms with Gasteiger partial charge in [-0.1, -0.05) is 60.7 Å². The molecule has 0 unspecified atom stereocenters. The van der Waals surface area contributed by atoms with Crippen LogP contribution in [0.15, 0.2) is 60.7 Å². The minimum atomic E-state index is -0.253. The zero-order valence-corrected chi connectivity index (χ0v) is 13.7. The molecule has 0 bridgehead atoms. The molecule has 1 N–H and O–H groups in total. The first-order valence-electron chi connectivity index (χ1n) is 8.19. The summed E-state index contributed by atoms with van der Waals surface area (Å²) in [4.78, 5) is 12.7. The molecule has 0 aromatic heterocycles. The van der Waals surface area contributed by atoms with Gasteiger partial charge in [0.2, 0.25) is 5.91 Å². The molecular formula is C20H25NO2. The van der Waals surface area contributed by atoms with Crippen LogP contribution in [0.3, 0.4) is 0 Å². The molecule has 0 spiro atoms. The van der Waals surface area contributed by atoms with Crippen molar-refractivity contribution in [3.63, 3.8) is 0 Å². The molecule has 3 heteroatoms. The Labute approximate surface area is 138 Å². The Morgan fingerprint density at radius 1 is 0.913 bits per heavy atom. The highest BCUT2D eigenvalue weighted by atomic mass is 16.5. The van der Waals surface area contributed by atoms with Gasteiger partial charge < -0.3 is 10.1 Å². The van der Waals surface area contributed by atoms with Crippen molar-refractivity contribution >= 4 is 5.91 Å². The smallest absolute Gasteiger partial charge is 0.232 e. The fourth-order valence-corrected chi connectivity index (χ4v) is 2.65. The van der Waals surface area contributed by atoms with Crippen LogP contribution >= 0.6 is 0 Å². The SMILES string of the molecule is COCCCCCNC(=O)C(c1ccccc1)c1ccccc1. The van der Waals surface area contributed by atoms with Crippen LogP contribution in [0.4, 0.5) is 0 Å². The molecule has 3 nitrogen and oxygen atoms in total. The lowest BCUT2D eigenvalue weighted by Crippen LogP contribution is -2.30. The summed E-state index contributed by atoms with van der Waals surface area (Å²) in [5, 5.41) is 3.08. The molecule has 2 rings (SSSR count). The third-order valence-electron chi connectivity index (χ3n) is 3.85. The predicted octanol–water partition coefficient (Wildman–Crippen LogP) is 3.75. The highest BCUT2D eigenvalue weighted by molar-refractivity contribution is 5.87. The molecule has 0 aliphatic carbocycles. The fraction of sp³-hybridized carbons (Fsp3) is 0.350. The van der Waals surface area contributed by atoms with Gasteiger partial charge in [0.15, 0.2) is 0 Å². The van der Waals surface area contributed by atoms with Gasteiger partial charge in [0.25, 0.3) is 0 Å². The average Bonchev–Trinajstić information content (AvgIpc) is 2.60. The van der Waals surface area contributed by atoms with Crippen LogP contribution in [0.2, 0.25) is 0 Å². The minimum absolute atomic E-state index is 0.0640. The van der Waals surface area contributed by atoms with Crippen LogP contribution in [0.25, 0.3) is 0 Å². The van der Waals surface area contributed by atoms with E-state index in [0.717, 1.165) is 37.0 Å². The van der Waals surface area contributed by atoms with E-state index in [-0.39, 0.29) is 11.8 Å². The number of methoxy groups -OCH3 is 1. The van der Waals surface area contributed by atoms with Crippen molar-refractivity contribution in [3.8, 4) is 0 Å². The molecule has 0 heterocycles. The number of hydrogen-bond acceptors (Lipinski definition) is 2. The average molecular weight is 311 g/mol. The summed E-state index contributed by atoms with van der Waals surface area (Å²) in [6.45, 7) is 1.49. The quantitative estimate of drug-likeness (QED) is 0.716. The molecule has 0 radical (unpaired) electrons. The monoisotopic (exact) mass is 311 g/mol. The molecule has 1 amide bonds. The summed E-state index contributed by atoms with van der Waals surface area (Å²) in [5.74, 6) is -0.189. The zero-order chi connectivity index (χ0) is 16.3. The molecule has 2 aromatic rings. The van der Waals surface area contributed by atoms with Gasteiger partial charge in [-0.05, 0) is 30.4 Å². The van der Waals surface area contributed by atoms with E-state index in [2.05, 4.69) is 5.32 Å². The number of unbranched alkanes of at least 4 members (excludes halogenated alkanes) is 2. The van der Waals surface area contributed by atoms with Crippen molar-refractivity contribution in [1.82, 2.24) is 5.32 Å². The second-order valence-electron chi connectivity index (χ2n) is 5.60. The Morgan fingerprint density at radius 3 is 2.00 bits per heavy atom. The molecule has 0 aliphatic rings. The number of ether oxygens (including phenoxy) is 1. The summed E-state index contributed by atoms with van der Waals surface area (Å²) in [7, 11) is 1.71. The van der Waals surface area contributed by atoms with E-state index >= 15 is 0 Å². The van der Waals surface area contributed by atoms with Gasteiger partial charge in [0.05, 0.1) is 5.92 Å². The molecular weight excluding hydrogens is 286 g/mol. The first-order chi connectivity index (χ1) is 11.3. The lowest BCUT2D eigenvalue weighted by molar-refractivity contribution is -0.121. The van der Waals surface area contributed by atoms with Crippen LogP contribution in [-0.2, 0) is 9.53 Å². The molecule has 122 valence electrons. The Balaban J connectivity index is 1.99. The normalized spacial score (nSPS) is 10.7. The van der Waals surface area contributed by atoms with E-state index in [9.17, 15) is 4.79 Å². The Hall–Kier alpha value is -2.13. The fourth-order valence-electron chi connectivity index (χ4n) is 2.65. The predicted molar refractivity (Wildman–Crippen MR) is 93.5 cm³/mol. The number of hydrogen-bond donors (Lipinski definition) is 1. The topological polar surface area (TPSA) is 38.3 Å². The van der Waals surface area contributed by atoms with Gasteiger partial charge in [-0.25, -0.2) is 0 Å². The molecule has 23 heavy (non-hydrogen) atoms. The van der Waals surface area contributed by atoms with E-state index in [1.165, 1.54) is 0 Å². The summed E-state index contributed by atoms with van der Waals surface area (Å²) in [6, 6.07) is 19.9. The van der Waals surface area contributed by atoms with Crippen LogP contribution in [0, 0.1) is 0 Å². The highest BCUT2D eigenvalue weighted by Gasteiger charge is 2.21.